The van der Waals surface area contributed by atoms with E-state index in [1.54, 1.807) is 21.3 Å². The summed E-state index contributed by atoms with van der Waals surface area (Å²) in [5.74, 6) is 1.08. The molecule has 252 valence electrons. The average Bonchev–Trinajstić information content (AvgIpc) is 3.72. The SMILES string of the molecule is CC1CC1.CCC(F)(F)F.CCC(F)F.CCCCN(CC)CC.CCCN(CC)CC.CCCOC.COC. The average molecular weight is 599 g/mol. The van der Waals surface area contributed by atoms with Crippen LogP contribution < -0.4 is 0 Å². The molecule has 1 aliphatic rings. The highest BCUT2D eigenvalue weighted by atomic mass is 19.4. The van der Waals surface area contributed by atoms with Crippen molar-refractivity contribution in [1.82, 2.24) is 9.80 Å². The summed E-state index contributed by atoms with van der Waals surface area (Å²) in [4.78, 5) is 4.89. The van der Waals surface area contributed by atoms with E-state index in [0.29, 0.717) is 0 Å². The number of halogens is 5. The number of methoxy groups -OCH3 is 2. The Morgan fingerprint density at radius 1 is 0.700 bits per heavy atom. The molecule has 0 amide bonds. The predicted molar refractivity (Wildman–Crippen MR) is 167 cm³/mol. The smallest absolute Gasteiger partial charge is 0.388 e. The number of ether oxygens (including phenoxy) is 2. The van der Waals surface area contributed by atoms with Crippen LogP contribution in [0.25, 0.3) is 0 Å². The van der Waals surface area contributed by atoms with E-state index < -0.39 is 19.0 Å². The van der Waals surface area contributed by atoms with E-state index >= 15 is 0 Å². The van der Waals surface area contributed by atoms with Crippen LogP contribution in [0.5, 0.6) is 0 Å². The molecular weight excluding hydrogens is 527 g/mol. The summed E-state index contributed by atoms with van der Waals surface area (Å²) >= 11 is 0. The quantitative estimate of drug-likeness (QED) is 0.209. The molecule has 0 aromatic rings. The molecule has 0 saturated heterocycles. The van der Waals surface area contributed by atoms with Crippen LogP contribution in [0.15, 0.2) is 0 Å². The minimum atomic E-state index is -3.96. The molecule has 0 bridgehead atoms. The minimum absolute atomic E-state index is 0.0278. The Labute approximate surface area is 247 Å². The molecule has 0 atom stereocenters. The maximum absolute atomic E-state index is 10.8. The Kier molecular flexibility index (Phi) is 59.3. The zero-order valence-corrected chi connectivity index (χ0v) is 28.9. The molecule has 1 rings (SSSR count). The Balaban J connectivity index is -0.0000000865. The van der Waals surface area contributed by atoms with Crippen molar-refractivity contribution < 1.29 is 31.4 Å². The fourth-order valence-electron chi connectivity index (χ4n) is 2.15. The summed E-state index contributed by atoms with van der Waals surface area (Å²) < 4.78 is 62.8. The summed E-state index contributed by atoms with van der Waals surface area (Å²) in [6.45, 7) is 28.4. The predicted octanol–water partition coefficient (Wildman–Crippen LogP) is 10.2. The molecule has 0 aromatic carbocycles. The molecule has 0 spiro atoms. The summed E-state index contributed by atoms with van der Waals surface area (Å²) in [7, 11) is 4.96. The first-order valence-electron chi connectivity index (χ1n) is 15.4. The molecule has 0 aromatic heterocycles. The van der Waals surface area contributed by atoms with E-state index in [1.165, 1.54) is 78.3 Å². The van der Waals surface area contributed by atoms with Crippen LogP contribution in [0.4, 0.5) is 22.0 Å². The Bertz CT molecular complexity index is 377. The molecule has 1 aliphatic carbocycles. The molecule has 40 heavy (non-hydrogen) atoms. The van der Waals surface area contributed by atoms with Gasteiger partial charge in [-0.05, 0) is 64.4 Å². The van der Waals surface area contributed by atoms with E-state index in [1.807, 2.05) is 0 Å². The van der Waals surface area contributed by atoms with Crippen molar-refractivity contribution in [2.24, 2.45) is 5.92 Å². The van der Waals surface area contributed by atoms with Crippen LogP contribution in [0.3, 0.4) is 0 Å². The zero-order valence-electron chi connectivity index (χ0n) is 28.9. The largest absolute Gasteiger partial charge is 0.388 e. The van der Waals surface area contributed by atoms with Crippen LogP contribution in [0.2, 0.25) is 0 Å². The second-order valence-electron chi connectivity index (χ2n) is 9.26. The number of nitrogens with zero attached hydrogens (tertiary/aromatic N) is 2. The molecule has 0 radical (unpaired) electrons. The second-order valence-corrected chi connectivity index (χ2v) is 9.26. The van der Waals surface area contributed by atoms with Gasteiger partial charge in [-0.2, -0.15) is 13.2 Å². The van der Waals surface area contributed by atoms with Gasteiger partial charge in [-0.25, -0.2) is 8.78 Å². The van der Waals surface area contributed by atoms with Crippen LogP contribution in [-0.4, -0.2) is 89.6 Å². The van der Waals surface area contributed by atoms with Gasteiger partial charge >= 0.3 is 6.18 Å². The standard InChI is InChI=1S/C8H19N.C7H17N.C4H10O.C4H8.C3H5F3.C3H6F2.C2H6O/c1-4-7-8-9(5-2)6-3;1-4-7-8(5-2)6-3;1-3-4-5-2;1-4-2-3-4;1-2-3(4,5)6;1-2-3(4)5;1-3-2/h4-8H2,1-3H3;4-7H2,1-3H3;3-4H2,1-2H3;4H,2-3H2,1H3;2H2,1H3;3H,2H2,1H3;1-2H3. The fraction of sp³-hybridized carbons (Fsp3) is 1.00. The van der Waals surface area contributed by atoms with Crippen molar-refractivity contribution in [2.75, 3.05) is 67.2 Å². The van der Waals surface area contributed by atoms with Crippen LogP contribution in [-0.2, 0) is 9.47 Å². The number of alkyl halides is 5. The van der Waals surface area contributed by atoms with Crippen molar-refractivity contribution in [2.45, 2.75) is 133 Å². The van der Waals surface area contributed by atoms with Gasteiger partial charge in [0.1, 0.15) is 0 Å². The lowest BCUT2D eigenvalue weighted by Gasteiger charge is -2.16. The summed E-state index contributed by atoms with van der Waals surface area (Å²) in [5.41, 5.74) is 0. The molecule has 1 saturated carbocycles. The summed E-state index contributed by atoms with van der Waals surface area (Å²) in [5, 5.41) is 0. The van der Waals surface area contributed by atoms with Gasteiger partial charge in [0, 0.05) is 40.8 Å². The molecule has 0 heterocycles. The first-order valence-corrected chi connectivity index (χ1v) is 15.4. The third-order valence-corrected chi connectivity index (χ3v) is 5.14. The van der Waals surface area contributed by atoms with Crippen molar-refractivity contribution >= 4 is 0 Å². The lowest BCUT2D eigenvalue weighted by Crippen LogP contribution is -2.23. The monoisotopic (exact) mass is 599 g/mol. The Morgan fingerprint density at radius 2 is 1.02 bits per heavy atom. The highest BCUT2D eigenvalue weighted by molar-refractivity contribution is 4.65. The lowest BCUT2D eigenvalue weighted by molar-refractivity contribution is -0.130. The Hall–Kier alpha value is -0.510. The number of hydrogen-bond donors (Lipinski definition) is 0. The van der Waals surface area contributed by atoms with Crippen molar-refractivity contribution in [3.8, 4) is 0 Å². The third kappa shape index (κ3) is 83.2. The van der Waals surface area contributed by atoms with E-state index in [-0.39, 0.29) is 6.42 Å². The van der Waals surface area contributed by atoms with Gasteiger partial charge in [-0.15, -0.1) is 0 Å². The van der Waals surface area contributed by atoms with E-state index in [4.69, 9.17) is 4.74 Å². The van der Waals surface area contributed by atoms with Gasteiger partial charge in [0.05, 0.1) is 0 Å². The van der Waals surface area contributed by atoms with Gasteiger partial charge < -0.3 is 19.3 Å². The highest BCUT2D eigenvalue weighted by Crippen LogP contribution is 2.26. The van der Waals surface area contributed by atoms with Gasteiger partial charge in [0.2, 0.25) is 6.43 Å². The topological polar surface area (TPSA) is 24.9 Å². The maximum Gasteiger partial charge on any atom is 0.388 e. The molecule has 1 fully saturated rings. The molecule has 0 aliphatic heterocycles. The lowest BCUT2D eigenvalue weighted by atomic mass is 10.3. The van der Waals surface area contributed by atoms with Crippen molar-refractivity contribution in [3.63, 3.8) is 0 Å². The molecule has 0 N–H and O–H groups in total. The molecule has 9 heteroatoms. The van der Waals surface area contributed by atoms with Crippen LogP contribution >= 0.6 is 0 Å². The first kappa shape index (κ1) is 52.2. The molecule has 4 nitrogen and oxygen atoms in total. The third-order valence-electron chi connectivity index (χ3n) is 5.14. The minimum Gasteiger partial charge on any atom is -0.388 e. The Morgan fingerprint density at radius 3 is 1.12 bits per heavy atom. The summed E-state index contributed by atoms with van der Waals surface area (Å²) in [6, 6.07) is 0. The van der Waals surface area contributed by atoms with Crippen molar-refractivity contribution in [3.05, 3.63) is 0 Å². The molecular formula is C31H71F5N2O2. The zero-order chi connectivity index (χ0) is 32.8. The van der Waals surface area contributed by atoms with Gasteiger partial charge in [0.15, 0.2) is 0 Å². The number of unbranched alkanes of at least 4 members (excludes halogenated alkanes) is 1. The van der Waals surface area contributed by atoms with Crippen molar-refractivity contribution in [1.29, 1.82) is 0 Å². The second kappa shape index (κ2) is 45.5. The van der Waals surface area contributed by atoms with Crippen LogP contribution in [0.1, 0.15) is 121 Å². The normalized spacial score (nSPS) is 11.6. The number of rotatable bonds is 12. The number of hydrogen-bond acceptors (Lipinski definition) is 4. The first-order chi connectivity index (χ1) is 18.7. The van der Waals surface area contributed by atoms with E-state index in [0.717, 1.165) is 25.9 Å². The maximum atomic E-state index is 10.8. The van der Waals surface area contributed by atoms with E-state index in [9.17, 15) is 22.0 Å². The van der Waals surface area contributed by atoms with E-state index in [2.05, 4.69) is 69.9 Å². The van der Waals surface area contributed by atoms with Crippen LogP contribution in [0, 0.1) is 5.92 Å². The fourth-order valence-corrected chi connectivity index (χ4v) is 2.15. The molecule has 0 unspecified atom stereocenters. The highest BCUT2D eigenvalue weighted by Gasteiger charge is 2.22. The van der Waals surface area contributed by atoms with Gasteiger partial charge in [-0.3, -0.25) is 0 Å². The van der Waals surface area contributed by atoms with Gasteiger partial charge in [-0.1, -0.05) is 88.5 Å². The van der Waals surface area contributed by atoms with Gasteiger partial charge in [0.25, 0.3) is 0 Å². The summed E-state index contributed by atoms with van der Waals surface area (Å²) in [6.07, 6.45) is 1.21.